The summed E-state index contributed by atoms with van der Waals surface area (Å²) in [6, 6.07) is 19.9. The van der Waals surface area contributed by atoms with E-state index in [1.54, 1.807) is 18.2 Å². The van der Waals surface area contributed by atoms with Crippen LogP contribution in [0.3, 0.4) is 0 Å². The number of benzene rings is 3. The minimum atomic E-state index is -0.308. The summed E-state index contributed by atoms with van der Waals surface area (Å²) in [5.41, 5.74) is 3.60. The Hall–Kier alpha value is -3.02. The van der Waals surface area contributed by atoms with E-state index in [1.807, 2.05) is 42.5 Å². The van der Waals surface area contributed by atoms with Crippen LogP contribution < -0.4 is 10.6 Å². The van der Waals surface area contributed by atoms with Crippen LogP contribution in [0.1, 0.15) is 10.4 Å². The molecule has 4 aromatic rings. The van der Waals surface area contributed by atoms with Gasteiger partial charge in [-0.1, -0.05) is 41.4 Å². The first kappa shape index (κ1) is 17.4. The number of fused-ring (bicyclic) bond motifs is 1. The van der Waals surface area contributed by atoms with Gasteiger partial charge in [-0.05, 0) is 48.5 Å². The Morgan fingerprint density at radius 2 is 1.74 bits per heavy atom. The Kier molecular flexibility index (Phi) is 4.71. The van der Waals surface area contributed by atoms with Gasteiger partial charge in [0.15, 0.2) is 0 Å². The number of H-pyrrole nitrogens is 1. The summed E-state index contributed by atoms with van der Waals surface area (Å²) in [5, 5.41) is 6.82. The van der Waals surface area contributed by atoms with Crippen molar-refractivity contribution >= 4 is 57.5 Å². The van der Waals surface area contributed by atoms with Crippen LogP contribution in [0.25, 0.3) is 11.0 Å². The Labute approximate surface area is 165 Å². The molecule has 1 aromatic heterocycles. The molecule has 0 unspecified atom stereocenters. The summed E-state index contributed by atoms with van der Waals surface area (Å²) in [5.74, 6) is 0.318. The van der Waals surface area contributed by atoms with Gasteiger partial charge in [-0.2, -0.15) is 0 Å². The number of carbonyl (C=O) groups is 1. The molecule has 3 N–H and O–H groups in total. The first-order valence-corrected chi connectivity index (χ1v) is 8.92. The molecule has 134 valence electrons. The van der Waals surface area contributed by atoms with Crippen molar-refractivity contribution in [3.63, 3.8) is 0 Å². The third kappa shape index (κ3) is 3.89. The highest BCUT2D eigenvalue weighted by Crippen LogP contribution is 2.24. The standard InChI is InChI=1S/C20H14Cl2N4O/c21-12-8-9-15(16(22)10-12)19(27)23-13-4-3-5-14(11-13)24-20-25-17-6-1-2-7-18(17)26-20/h1-11H,(H,23,27)(H2,24,25,26). The molecule has 0 aliphatic rings. The Morgan fingerprint density at radius 1 is 0.926 bits per heavy atom. The lowest BCUT2D eigenvalue weighted by Gasteiger charge is -2.09. The molecule has 4 rings (SSSR count). The number of anilines is 3. The average Bonchev–Trinajstić information content (AvgIpc) is 3.04. The number of rotatable bonds is 4. The topological polar surface area (TPSA) is 69.8 Å². The van der Waals surface area contributed by atoms with Crippen molar-refractivity contribution in [3.05, 3.63) is 82.3 Å². The van der Waals surface area contributed by atoms with Gasteiger partial charge in [-0.15, -0.1) is 0 Å². The van der Waals surface area contributed by atoms with Crippen molar-refractivity contribution < 1.29 is 4.79 Å². The average molecular weight is 397 g/mol. The van der Waals surface area contributed by atoms with E-state index in [2.05, 4.69) is 20.6 Å². The monoisotopic (exact) mass is 396 g/mol. The highest BCUT2D eigenvalue weighted by Gasteiger charge is 2.11. The number of hydrogen-bond acceptors (Lipinski definition) is 3. The maximum Gasteiger partial charge on any atom is 0.257 e. The molecule has 3 aromatic carbocycles. The van der Waals surface area contributed by atoms with Crippen LogP contribution in [0.15, 0.2) is 66.7 Å². The molecule has 0 bridgehead atoms. The smallest absolute Gasteiger partial charge is 0.257 e. The van der Waals surface area contributed by atoms with E-state index >= 15 is 0 Å². The van der Waals surface area contributed by atoms with Gasteiger partial charge in [0.1, 0.15) is 0 Å². The Bertz CT molecular complexity index is 1110. The molecule has 27 heavy (non-hydrogen) atoms. The second kappa shape index (κ2) is 7.31. The van der Waals surface area contributed by atoms with Crippen LogP contribution in [0.2, 0.25) is 10.0 Å². The number of aromatic nitrogens is 2. The number of carbonyl (C=O) groups excluding carboxylic acids is 1. The zero-order valence-corrected chi connectivity index (χ0v) is 15.5. The van der Waals surface area contributed by atoms with Crippen molar-refractivity contribution in [1.82, 2.24) is 9.97 Å². The summed E-state index contributed by atoms with van der Waals surface area (Å²) in [6.45, 7) is 0. The predicted octanol–water partition coefficient (Wildman–Crippen LogP) is 5.87. The van der Waals surface area contributed by atoms with E-state index < -0.39 is 0 Å². The molecule has 1 amide bonds. The van der Waals surface area contributed by atoms with Crippen molar-refractivity contribution in [2.45, 2.75) is 0 Å². The van der Waals surface area contributed by atoms with Gasteiger partial charge >= 0.3 is 0 Å². The molecule has 0 fully saturated rings. The lowest BCUT2D eigenvalue weighted by atomic mass is 10.2. The predicted molar refractivity (Wildman–Crippen MR) is 110 cm³/mol. The summed E-state index contributed by atoms with van der Waals surface area (Å²) in [4.78, 5) is 20.1. The number of para-hydroxylation sites is 2. The number of hydrogen-bond donors (Lipinski definition) is 3. The third-order valence-electron chi connectivity index (χ3n) is 3.95. The van der Waals surface area contributed by atoms with Crippen LogP contribution in [-0.4, -0.2) is 15.9 Å². The first-order chi connectivity index (χ1) is 13.1. The number of aromatic amines is 1. The molecular formula is C20H14Cl2N4O. The highest BCUT2D eigenvalue weighted by atomic mass is 35.5. The number of nitrogens with one attached hydrogen (secondary N) is 3. The summed E-state index contributed by atoms with van der Waals surface area (Å²) in [6.07, 6.45) is 0. The zero-order chi connectivity index (χ0) is 18.8. The molecule has 7 heteroatoms. The van der Waals surface area contributed by atoms with Crippen LogP contribution in [0, 0.1) is 0 Å². The van der Waals surface area contributed by atoms with E-state index in [9.17, 15) is 4.79 Å². The fourth-order valence-electron chi connectivity index (χ4n) is 2.70. The maximum atomic E-state index is 12.5. The molecule has 0 radical (unpaired) electrons. The highest BCUT2D eigenvalue weighted by molar-refractivity contribution is 6.37. The number of halogens is 2. The molecule has 0 spiro atoms. The minimum absolute atomic E-state index is 0.302. The fourth-order valence-corrected chi connectivity index (χ4v) is 3.19. The summed E-state index contributed by atoms with van der Waals surface area (Å²) >= 11 is 12.0. The van der Waals surface area contributed by atoms with Crippen LogP contribution >= 0.6 is 23.2 Å². The molecule has 0 saturated heterocycles. The quantitative estimate of drug-likeness (QED) is 0.404. The fraction of sp³-hybridized carbons (Fsp3) is 0. The van der Waals surface area contributed by atoms with Gasteiger partial charge in [0.05, 0.1) is 21.6 Å². The van der Waals surface area contributed by atoms with Crippen molar-refractivity contribution in [2.75, 3.05) is 10.6 Å². The maximum absolute atomic E-state index is 12.5. The van der Waals surface area contributed by atoms with Crippen LogP contribution in [0.4, 0.5) is 17.3 Å². The second-order valence-corrected chi connectivity index (χ2v) is 6.73. The van der Waals surface area contributed by atoms with E-state index in [-0.39, 0.29) is 5.91 Å². The minimum Gasteiger partial charge on any atom is -0.326 e. The molecule has 0 aliphatic heterocycles. The Morgan fingerprint density at radius 3 is 2.56 bits per heavy atom. The Balaban J connectivity index is 1.52. The van der Waals surface area contributed by atoms with Gasteiger partial charge in [0, 0.05) is 16.4 Å². The van der Waals surface area contributed by atoms with Crippen molar-refractivity contribution in [2.24, 2.45) is 0 Å². The van der Waals surface area contributed by atoms with E-state index in [0.29, 0.717) is 27.2 Å². The molecule has 5 nitrogen and oxygen atoms in total. The number of amides is 1. The lowest BCUT2D eigenvalue weighted by Crippen LogP contribution is -2.12. The second-order valence-electron chi connectivity index (χ2n) is 5.89. The van der Waals surface area contributed by atoms with Crippen LogP contribution in [0.5, 0.6) is 0 Å². The molecule has 1 heterocycles. The van der Waals surface area contributed by atoms with Gasteiger partial charge in [-0.25, -0.2) is 4.98 Å². The van der Waals surface area contributed by atoms with E-state index in [4.69, 9.17) is 23.2 Å². The SMILES string of the molecule is O=C(Nc1cccc(Nc2nc3ccccc3[nH]2)c1)c1ccc(Cl)cc1Cl. The largest absolute Gasteiger partial charge is 0.326 e. The number of nitrogens with zero attached hydrogens (tertiary/aromatic N) is 1. The summed E-state index contributed by atoms with van der Waals surface area (Å²) < 4.78 is 0. The van der Waals surface area contributed by atoms with Crippen molar-refractivity contribution in [1.29, 1.82) is 0 Å². The van der Waals surface area contributed by atoms with Gasteiger partial charge in [0.2, 0.25) is 5.95 Å². The van der Waals surface area contributed by atoms with Gasteiger partial charge in [0.25, 0.3) is 5.91 Å². The van der Waals surface area contributed by atoms with Crippen molar-refractivity contribution in [3.8, 4) is 0 Å². The molecule has 0 aliphatic carbocycles. The molecular weight excluding hydrogens is 383 g/mol. The number of imidazole rings is 1. The molecule has 0 atom stereocenters. The summed E-state index contributed by atoms with van der Waals surface area (Å²) in [7, 11) is 0. The normalized spacial score (nSPS) is 10.7. The van der Waals surface area contributed by atoms with Gasteiger partial charge in [-0.3, -0.25) is 4.79 Å². The molecule has 0 saturated carbocycles. The van der Waals surface area contributed by atoms with Gasteiger partial charge < -0.3 is 15.6 Å². The van der Waals surface area contributed by atoms with Crippen LogP contribution in [-0.2, 0) is 0 Å². The lowest BCUT2D eigenvalue weighted by molar-refractivity contribution is 0.102. The third-order valence-corrected chi connectivity index (χ3v) is 4.50. The zero-order valence-electron chi connectivity index (χ0n) is 14.0. The first-order valence-electron chi connectivity index (χ1n) is 8.17. The van der Waals surface area contributed by atoms with E-state index in [1.165, 1.54) is 6.07 Å². The van der Waals surface area contributed by atoms with E-state index in [0.717, 1.165) is 16.7 Å².